The van der Waals surface area contributed by atoms with Gasteiger partial charge in [-0.05, 0) is 23.3 Å². The molecule has 0 spiro atoms. The molecule has 0 aliphatic rings. The molecule has 0 saturated carbocycles. The number of rotatable bonds is 3. The van der Waals surface area contributed by atoms with Gasteiger partial charge in [-0.2, -0.15) is 5.26 Å². The fourth-order valence-corrected chi connectivity index (χ4v) is 1.09. The zero-order valence-electron chi connectivity index (χ0n) is 7.53. The van der Waals surface area contributed by atoms with Gasteiger partial charge in [0.25, 0.3) is 0 Å². The van der Waals surface area contributed by atoms with Crippen molar-refractivity contribution in [2.24, 2.45) is 0 Å². The van der Waals surface area contributed by atoms with Crippen LogP contribution in [0.15, 0.2) is 30.8 Å². The highest BCUT2D eigenvalue weighted by molar-refractivity contribution is 5.83. The standard InChI is InChI=1S/C11H9NO2/c1-8(5-11(13)14)10-4-2-3-9(6-10)7-12/h2-4,6H,1,5H2,(H,13,14). The molecule has 0 fully saturated rings. The second-order valence-corrected chi connectivity index (χ2v) is 2.87. The summed E-state index contributed by atoms with van der Waals surface area (Å²) >= 11 is 0. The van der Waals surface area contributed by atoms with E-state index in [2.05, 4.69) is 6.58 Å². The SMILES string of the molecule is C=C(CC(=O)O)c1cccc(C#N)c1. The lowest BCUT2D eigenvalue weighted by atomic mass is 10.0. The second-order valence-electron chi connectivity index (χ2n) is 2.87. The maximum absolute atomic E-state index is 10.4. The van der Waals surface area contributed by atoms with Gasteiger partial charge in [0.05, 0.1) is 18.1 Å². The van der Waals surface area contributed by atoms with Gasteiger partial charge in [0.15, 0.2) is 0 Å². The van der Waals surface area contributed by atoms with E-state index in [1.807, 2.05) is 6.07 Å². The molecule has 1 rings (SSSR count). The van der Waals surface area contributed by atoms with Gasteiger partial charge in [-0.25, -0.2) is 0 Å². The molecule has 0 aromatic heterocycles. The highest BCUT2D eigenvalue weighted by Gasteiger charge is 2.04. The molecule has 1 aromatic carbocycles. The fraction of sp³-hybridized carbons (Fsp3) is 0.0909. The summed E-state index contributed by atoms with van der Waals surface area (Å²) in [6.07, 6.45) is -0.102. The van der Waals surface area contributed by atoms with E-state index in [4.69, 9.17) is 10.4 Å². The van der Waals surface area contributed by atoms with Crippen LogP contribution in [0, 0.1) is 11.3 Å². The zero-order chi connectivity index (χ0) is 10.6. The molecule has 0 aliphatic carbocycles. The Labute approximate surface area is 81.9 Å². The van der Waals surface area contributed by atoms with Crippen LogP contribution in [0.4, 0.5) is 0 Å². The van der Waals surface area contributed by atoms with Crippen molar-refractivity contribution in [3.8, 4) is 6.07 Å². The predicted octanol–water partition coefficient (Wildman–Crippen LogP) is 2.05. The summed E-state index contributed by atoms with van der Waals surface area (Å²) in [5.74, 6) is -0.919. The first kappa shape index (κ1) is 10.0. The van der Waals surface area contributed by atoms with Crippen molar-refractivity contribution in [1.82, 2.24) is 0 Å². The number of carboxylic acid groups (broad SMARTS) is 1. The van der Waals surface area contributed by atoms with Crippen LogP contribution in [0.2, 0.25) is 0 Å². The predicted molar refractivity (Wildman–Crippen MR) is 52.4 cm³/mol. The minimum Gasteiger partial charge on any atom is -0.481 e. The third-order valence-corrected chi connectivity index (χ3v) is 1.76. The van der Waals surface area contributed by atoms with Crippen LogP contribution in [-0.2, 0) is 4.79 Å². The largest absolute Gasteiger partial charge is 0.481 e. The van der Waals surface area contributed by atoms with Crippen molar-refractivity contribution in [3.05, 3.63) is 42.0 Å². The molecule has 0 aliphatic heterocycles. The van der Waals surface area contributed by atoms with Crippen LogP contribution < -0.4 is 0 Å². The third-order valence-electron chi connectivity index (χ3n) is 1.76. The van der Waals surface area contributed by atoms with Crippen molar-refractivity contribution >= 4 is 11.5 Å². The lowest BCUT2D eigenvalue weighted by molar-refractivity contribution is -0.135. The van der Waals surface area contributed by atoms with Gasteiger partial charge in [0.1, 0.15) is 0 Å². The number of aliphatic carboxylic acids is 1. The highest BCUT2D eigenvalue weighted by atomic mass is 16.4. The van der Waals surface area contributed by atoms with Crippen LogP contribution in [0.3, 0.4) is 0 Å². The fourth-order valence-electron chi connectivity index (χ4n) is 1.09. The van der Waals surface area contributed by atoms with Gasteiger partial charge in [-0.1, -0.05) is 18.7 Å². The average Bonchev–Trinajstić information content (AvgIpc) is 2.17. The molecule has 0 bridgehead atoms. The van der Waals surface area contributed by atoms with E-state index in [-0.39, 0.29) is 6.42 Å². The first-order valence-electron chi connectivity index (χ1n) is 4.03. The van der Waals surface area contributed by atoms with Crippen LogP contribution in [0.1, 0.15) is 17.5 Å². The number of carbonyl (C=O) groups is 1. The van der Waals surface area contributed by atoms with E-state index in [0.717, 1.165) is 0 Å². The monoisotopic (exact) mass is 187 g/mol. The molecule has 0 radical (unpaired) electrons. The quantitative estimate of drug-likeness (QED) is 0.787. The number of benzene rings is 1. The van der Waals surface area contributed by atoms with E-state index in [9.17, 15) is 4.79 Å². The number of nitrogens with zero attached hydrogens (tertiary/aromatic N) is 1. The van der Waals surface area contributed by atoms with E-state index in [1.165, 1.54) is 0 Å². The summed E-state index contributed by atoms with van der Waals surface area (Å²) in [4.78, 5) is 10.4. The topological polar surface area (TPSA) is 61.1 Å². The summed E-state index contributed by atoms with van der Waals surface area (Å²) < 4.78 is 0. The van der Waals surface area contributed by atoms with Gasteiger partial charge >= 0.3 is 5.97 Å². The maximum Gasteiger partial charge on any atom is 0.307 e. The number of hydrogen-bond donors (Lipinski definition) is 1. The van der Waals surface area contributed by atoms with E-state index in [1.54, 1.807) is 24.3 Å². The lowest BCUT2D eigenvalue weighted by Crippen LogP contribution is -1.96. The molecule has 0 atom stereocenters. The Balaban J connectivity index is 2.91. The molecular weight excluding hydrogens is 178 g/mol. The van der Waals surface area contributed by atoms with Crippen LogP contribution in [0.25, 0.3) is 5.57 Å². The third kappa shape index (κ3) is 2.46. The number of hydrogen-bond acceptors (Lipinski definition) is 2. The Morgan fingerprint density at radius 1 is 1.57 bits per heavy atom. The van der Waals surface area contributed by atoms with Gasteiger partial charge in [-0.3, -0.25) is 4.79 Å². The molecular formula is C11H9NO2. The maximum atomic E-state index is 10.4. The molecule has 70 valence electrons. The molecule has 0 saturated heterocycles. The molecule has 1 N–H and O–H groups in total. The highest BCUT2D eigenvalue weighted by Crippen LogP contribution is 2.16. The van der Waals surface area contributed by atoms with Crippen LogP contribution in [-0.4, -0.2) is 11.1 Å². The molecule has 0 heterocycles. The number of carboxylic acids is 1. The van der Waals surface area contributed by atoms with Crippen LogP contribution >= 0.6 is 0 Å². The summed E-state index contributed by atoms with van der Waals surface area (Å²) in [6.45, 7) is 3.65. The summed E-state index contributed by atoms with van der Waals surface area (Å²) in [5, 5.41) is 17.2. The van der Waals surface area contributed by atoms with Crippen LogP contribution in [0.5, 0.6) is 0 Å². The molecule has 3 heteroatoms. The minimum atomic E-state index is -0.919. The minimum absolute atomic E-state index is 0.102. The zero-order valence-corrected chi connectivity index (χ0v) is 7.53. The summed E-state index contributed by atoms with van der Waals surface area (Å²) in [5.41, 5.74) is 1.72. The van der Waals surface area contributed by atoms with Gasteiger partial charge in [0, 0.05) is 0 Å². The summed E-state index contributed by atoms with van der Waals surface area (Å²) in [7, 11) is 0. The van der Waals surface area contributed by atoms with Crippen molar-refractivity contribution in [2.45, 2.75) is 6.42 Å². The summed E-state index contributed by atoms with van der Waals surface area (Å²) in [6, 6.07) is 8.73. The van der Waals surface area contributed by atoms with Gasteiger partial charge < -0.3 is 5.11 Å². The van der Waals surface area contributed by atoms with Crippen molar-refractivity contribution in [2.75, 3.05) is 0 Å². The van der Waals surface area contributed by atoms with Gasteiger partial charge in [0.2, 0.25) is 0 Å². The Morgan fingerprint density at radius 2 is 2.29 bits per heavy atom. The van der Waals surface area contributed by atoms with Crippen molar-refractivity contribution in [3.63, 3.8) is 0 Å². The normalized spacial score (nSPS) is 9.07. The first-order valence-corrected chi connectivity index (χ1v) is 4.03. The Bertz CT molecular complexity index is 416. The average molecular weight is 187 g/mol. The number of nitriles is 1. The molecule has 14 heavy (non-hydrogen) atoms. The Hall–Kier alpha value is -2.08. The smallest absolute Gasteiger partial charge is 0.307 e. The van der Waals surface area contributed by atoms with E-state index >= 15 is 0 Å². The molecule has 1 aromatic rings. The molecule has 3 nitrogen and oxygen atoms in total. The second kappa shape index (κ2) is 4.24. The van der Waals surface area contributed by atoms with E-state index in [0.29, 0.717) is 16.7 Å². The lowest BCUT2D eigenvalue weighted by Gasteiger charge is -2.02. The Kier molecular flexibility index (Phi) is 3.03. The Morgan fingerprint density at radius 3 is 2.86 bits per heavy atom. The van der Waals surface area contributed by atoms with Crippen molar-refractivity contribution < 1.29 is 9.90 Å². The van der Waals surface area contributed by atoms with Crippen molar-refractivity contribution in [1.29, 1.82) is 5.26 Å². The van der Waals surface area contributed by atoms with Gasteiger partial charge in [-0.15, -0.1) is 0 Å². The first-order chi connectivity index (χ1) is 6.63. The molecule has 0 unspecified atom stereocenters. The van der Waals surface area contributed by atoms with E-state index < -0.39 is 5.97 Å². The molecule has 0 amide bonds.